The van der Waals surface area contributed by atoms with Gasteiger partial charge in [-0.05, 0) is 12.8 Å². The summed E-state index contributed by atoms with van der Waals surface area (Å²) in [4.78, 5) is 23.5. The molecule has 0 saturated carbocycles. The van der Waals surface area contributed by atoms with Crippen LogP contribution in [0.15, 0.2) is 16.9 Å². The summed E-state index contributed by atoms with van der Waals surface area (Å²) in [6, 6.07) is 0.0171. The predicted octanol–water partition coefficient (Wildman–Crippen LogP) is 2.10. The summed E-state index contributed by atoms with van der Waals surface area (Å²) in [5.74, 6) is -1.40. The van der Waals surface area contributed by atoms with Gasteiger partial charge in [0.05, 0.1) is 5.56 Å². The molecule has 2 N–H and O–H groups in total. The number of hydrogen-bond acceptors (Lipinski definition) is 7. The highest BCUT2D eigenvalue weighted by molar-refractivity contribution is 5.65. The van der Waals surface area contributed by atoms with Crippen LogP contribution in [0.25, 0.3) is 11.4 Å². The highest BCUT2D eigenvalue weighted by Gasteiger charge is 2.38. The Balaban J connectivity index is 1.61. The van der Waals surface area contributed by atoms with Crippen LogP contribution in [0.3, 0.4) is 0 Å². The van der Waals surface area contributed by atoms with E-state index in [0.717, 1.165) is 0 Å². The first-order valence-electron chi connectivity index (χ1n) is 7.30. The second kappa shape index (κ2) is 6.53. The third-order valence-electron chi connectivity index (χ3n) is 3.68. The van der Waals surface area contributed by atoms with Gasteiger partial charge >= 0.3 is 18.2 Å². The summed E-state index contributed by atoms with van der Waals surface area (Å²) in [6.07, 6.45) is -1.87. The number of carbonyl (C=O) groups is 1. The average molecular weight is 358 g/mol. The molecule has 0 atom stereocenters. The van der Waals surface area contributed by atoms with Crippen molar-refractivity contribution in [2.75, 3.05) is 18.4 Å². The molecule has 134 valence electrons. The molecule has 3 rings (SSSR count). The van der Waals surface area contributed by atoms with Gasteiger partial charge in [0.25, 0.3) is 0 Å². The first-order valence-corrected chi connectivity index (χ1v) is 7.30. The first kappa shape index (κ1) is 16.9. The minimum absolute atomic E-state index is 0.0171. The van der Waals surface area contributed by atoms with E-state index >= 15 is 0 Å². The first-order chi connectivity index (χ1) is 11.8. The average Bonchev–Trinajstić information content (AvgIpc) is 3.06. The van der Waals surface area contributed by atoms with Crippen LogP contribution >= 0.6 is 0 Å². The standard InChI is InChI=1S/C13H13F3N6O3/c14-13(15,16)10-20-9(21-25-10)7-5-17-11(18-6-7)19-8-1-3-22(4-2-8)12(23)24/h5-6,8H,1-4H2,(H,23,24)(H,17,18,19). The number of halogens is 3. The summed E-state index contributed by atoms with van der Waals surface area (Å²) < 4.78 is 41.5. The summed E-state index contributed by atoms with van der Waals surface area (Å²) >= 11 is 0. The fourth-order valence-corrected chi connectivity index (χ4v) is 2.37. The van der Waals surface area contributed by atoms with Crippen LogP contribution in [-0.4, -0.2) is 55.3 Å². The minimum atomic E-state index is -4.71. The molecule has 0 aliphatic carbocycles. The minimum Gasteiger partial charge on any atom is -0.465 e. The number of rotatable bonds is 3. The van der Waals surface area contributed by atoms with Gasteiger partial charge in [0.2, 0.25) is 11.8 Å². The van der Waals surface area contributed by atoms with Crippen molar-refractivity contribution in [1.82, 2.24) is 25.0 Å². The summed E-state index contributed by atoms with van der Waals surface area (Å²) in [7, 11) is 0. The van der Waals surface area contributed by atoms with Crippen LogP contribution < -0.4 is 5.32 Å². The number of nitrogens with one attached hydrogen (secondary N) is 1. The Morgan fingerprint density at radius 3 is 2.44 bits per heavy atom. The van der Waals surface area contributed by atoms with Crippen LogP contribution in [0.5, 0.6) is 0 Å². The van der Waals surface area contributed by atoms with E-state index in [1.165, 1.54) is 17.3 Å². The number of alkyl halides is 3. The maximum absolute atomic E-state index is 12.4. The van der Waals surface area contributed by atoms with Gasteiger partial charge in [-0.15, -0.1) is 0 Å². The Bertz CT molecular complexity index is 740. The van der Waals surface area contributed by atoms with Crippen molar-refractivity contribution in [3.63, 3.8) is 0 Å². The molecule has 0 radical (unpaired) electrons. The number of nitrogens with zero attached hydrogens (tertiary/aromatic N) is 5. The van der Waals surface area contributed by atoms with Crippen LogP contribution in [0.1, 0.15) is 18.7 Å². The van der Waals surface area contributed by atoms with E-state index in [0.29, 0.717) is 25.9 Å². The van der Waals surface area contributed by atoms with E-state index in [2.05, 4.69) is 29.9 Å². The lowest BCUT2D eigenvalue weighted by Gasteiger charge is -2.30. The lowest BCUT2D eigenvalue weighted by molar-refractivity contribution is -0.159. The SMILES string of the molecule is O=C(O)N1CCC(Nc2ncc(-c3noc(C(F)(F)F)n3)cn2)CC1. The molecule has 1 fully saturated rings. The van der Waals surface area contributed by atoms with Crippen LogP contribution in [-0.2, 0) is 6.18 Å². The molecule has 1 amide bonds. The van der Waals surface area contributed by atoms with Crippen molar-refractivity contribution in [1.29, 1.82) is 0 Å². The van der Waals surface area contributed by atoms with Crippen molar-refractivity contribution >= 4 is 12.0 Å². The van der Waals surface area contributed by atoms with Crippen LogP contribution in [0.4, 0.5) is 23.9 Å². The molecule has 1 saturated heterocycles. The maximum atomic E-state index is 12.4. The fourth-order valence-electron chi connectivity index (χ4n) is 2.37. The molecule has 0 spiro atoms. The third-order valence-corrected chi connectivity index (χ3v) is 3.68. The second-order valence-corrected chi connectivity index (χ2v) is 5.40. The number of aromatic nitrogens is 4. The van der Waals surface area contributed by atoms with Crippen molar-refractivity contribution in [3.05, 3.63) is 18.3 Å². The third kappa shape index (κ3) is 3.95. The summed E-state index contributed by atoms with van der Waals surface area (Å²) in [5, 5.41) is 15.2. The van der Waals surface area contributed by atoms with Gasteiger partial charge in [-0.3, -0.25) is 0 Å². The summed E-state index contributed by atoms with van der Waals surface area (Å²) in [6.45, 7) is 0.822. The van der Waals surface area contributed by atoms with Gasteiger partial charge in [0, 0.05) is 31.5 Å². The Morgan fingerprint density at radius 1 is 1.28 bits per heavy atom. The maximum Gasteiger partial charge on any atom is 0.471 e. The largest absolute Gasteiger partial charge is 0.471 e. The zero-order chi connectivity index (χ0) is 18.0. The second-order valence-electron chi connectivity index (χ2n) is 5.40. The zero-order valence-corrected chi connectivity index (χ0v) is 12.7. The molecule has 2 aromatic heterocycles. The molecule has 12 heteroatoms. The molecule has 1 aliphatic rings. The van der Waals surface area contributed by atoms with E-state index in [4.69, 9.17) is 5.11 Å². The number of hydrogen-bond donors (Lipinski definition) is 2. The van der Waals surface area contributed by atoms with E-state index in [-0.39, 0.29) is 23.4 Å². The quantitative estimate of drug-likeness (QED) is 0.857. The Morgan fingerprint density at radius 2 is 1.92 bits per heavy atom. The van der Waals surface area contributed by atoms with Crippen molar-refractivity contribution < 1.29 is 27.6 Å². The molecule has 1 aliphatic heterocycles. The van der Waals surface area contributed by atoms with E-state index in [9.17, 15) is 18.0 Å². The van der Waals surface area contributed by atoms with Gasteiger partial charge in [0.1, 0.15) is 0 Å². The Labute approximate surface area is 138 Å². The van der Waals surface area contributed by atoms with E-state index in [1.54, 1.807) is 0 Å². The highest BCUT2D eigenvalue weighted by atomic mass is 19.4. The highest BCUT2D eigenvalue weighted by Crippen LogP contribution is 2.29. The molecule has 0 aromatic carbocycles. The molecular weight excluding hydrogens is 345 g/mol. The van der Waals surface area contributed by atoms with Crippen LogP contribution in [0, 0.1) is 0 Å². The lowest BCUT2D eigenvalue weighted by Crippen LogP contribution is -2.41. The molecule has 25 heavy (non-hydrogen) atoms. The van der Waals surface area contributed by atoms with Gasteiger partial charge in [0.15, 0.2) is 0 Å². The smallest absolute Gasteiger partial charge is 0.465 e. The molecule has 9 nitrogen and oxygen atoms in total. The normalized spacial score (nSPS) is 16.0. The van der Waals surface area contributed by atoms with Crippen molar-refractivity contribution in [2.45, 2.75) is 25.1 Å². The zero-order valence-electron chi connectivity index (χ0n) is 12.7. The van der Waals surface area contributed by atoms with Crippen LogP contribution in [0.2, 0.25) is 0 Å². The van der Waals surface area contributed by atoms with E-state index < -0.39 is 18.2 Å². The summed E-state index contributed by atoms with van der Waals surface area (Å²) in [5.41, 5.74) is 0.186. The molecular formula is C13H13F3N6O3. The van der Waals surface area contributed by atoms with Gasteiger partial charge in [-0.25, -0.2) is 14.8 Å². The number of amides is 1. The Hall–Kier alpha value is -2.92. The number of anilines is 1. The molecule has 0 unspecified atom stereocenters. The van der Waals surface area contributed by atoms with Crippen molar-refractivity contribution in [2.24, 2.45) is 0 Å². The van der Waals surface area contributed by atoms with Gasteiger partial charge in [-0.2, -0.15) is 18.2 Å². The predicted molar refractivity (Wildman–Crippen MR) is 76.6 cm³/mol. The monoisotopic (exact) mass is 358 g/mol. The Kier molecular flexibility index (Phi) is 4.42. The van der Waals surface area contributed by atoms with Gasteiger partial charge in [-0.1, -0.05) is 5.16 Å². The van der Waals surface area contributed by atoms with E-state index in [1.807, 2.05) is 0 Å². The van der Waals surface area contributed by atoms with Crippen molar-refractivity contribution in [3.8, 4) is 11.4 Å². The molecule has 3 heterocycles. The number of carboxylic acid groups (broad SMARTS) is 1. The molecule has 2 aromatic rings. The van der Waals surface area contributed by atoms with Gasteiger partial charge < -0.3 is 19.8 Å². The topological polar surface area (TPSA) is 117 Å². The lowest BCUT2D eigenvalue weighted by atomic mass is 10.1. The number of likely N-dealkylation sites (tertiary alicyclic amines) is 1. The fraction of sp³-hybridized carbons (Fsp3) is 0.462. The number of piperidine rings is 1. The molecule has 0 bridgehead atoms.